The van der Waals surface area contributed by atoms with Crippen LogP contribution in [-0.2, 0) is 9.59 Å². The highest BCUT2D eigenvalue weighted by Crippen LogP contribution is 2.24. The average molecular weight is 376 g/mol. The van der Waals surface area contributed by atoms with Gasteiger partial charge in [-0.1, -0.05) is 6.07 Å². The molecule has 138 valence electrons. The van der Waals surface area contributed by atoms with E-state index in [2.05, 4.69) is 5.32 Å². The number of urea groups is 1. The van der Waals surface area contributed by atoms with Gasteiger partial charge in [-0.25, -0.2) is 13.6 Å². The second-order valence-electron chi connectivity index (χ2n) is 6.01. The first kappa shape index (κ1) is 21.0. The van der Waals surface area contributed by atoms with Gasteiger partial charge in [0.2, 0.25) is 11.8 Å². The minimum atomic E-state index is -1.03. The van der Waals surface area contributed by atoms with Crippen LogP contribution in [0.25, 0.3) is 0 Å². The van der Waals surface area contributed by atoms with Crippen LogP contribution in [0.3, 0.4) is 0 Å². The average Bonchev–Trinajstić information content (AvgIpc) is 2.48. The number of rotatable bonds is 5. The molecule has 2 atom stereocenters. The van der Waals surface area contributed by atoms with E-state index in [-0.39, 0.29) is 31.3 Å². The SMILES string of the molecule is CC(C)N1C(=O)NC(=O)C(CC[C@@H](N)c2ccc(F)c(F)c2)C1=O.Cl. The van der Waals surface area contributed by atoms with Gasteiger partial charge in [0.05, 0.1) is 0 Å². The van der Waals surface area contributed by atoms with Crippen LogP contribution in [0.5, 0.6) is 0 Å². The molecule has 1 saturated heterocycles. The summed E-state index contributed by atoms with van der Waals surface area (Å²) in [4.78, 5) is 36.9. The smallest absolute Gasteiger partial charge is 0.324 e. The van der Waals surface area contributed by atoms with Gasteiger partial charge in [-0.15, -0.1) is 12.4 Å². The molecule has 1 unspecified atom stereocenters. The number of nitrogens with two attached hydrogens (primary N) is 1. The molecule has 9 heteroatoms. The lowest BCUT2D eigenvalue weighted by molar-refractivity contribution is -0.144. The van der Waals surface area contributed by atoms with Crippen LogP contribution in [0.4, 0.5) is 13.6 Å². The molecule has 1 aromatic rings. The lowest BCUT2D eigenvalue weighted by Gasteiger charge is -2.33. The first-order chi connectivity index (χ1) is 11.2. The normalized spacial score (nSPS) is 18.9. The third-order valence-corrected chi connectivity index (χ3v) is 3.96. The van der Waals surface area contributed by atoms with Crippen molar-refractivity contribution in [3.05, 3.63) is 35.4 Å². The van der Waals surface area contributed by atoms with Gasteiger partial charge in [-0.2, -0.15) is 0 Å². The molecule has 3 N–H and O–H groups in total. The van der Waals surface area contributed by atoms with Gasteiger partial charge in [0.1, 0.15) is 5.92 Å². The van der Waals surface area contributed by atoms with Crippen LogP contribution in [0.1, 0.15) is 38.3 Å². The first-order valence-electron chi connectivity index (χ1n) is 7.60. The number of hydrogen-bond acceptors (Lipinski definition) is 4. The second-order valence-corrected chi connectivity index (χ2v) is 6.01. The van der Waals surface area contributed by atoms with Crippen molar-refractivity contribution in [1.29, 1.82) is 0 Å². The van der Waals surface area contributed by atoms with Crippen molar-refractivity contribution in [2.24, 2.45) is 11.7 Å². The summed E-state index contributed by atoms with van der Waals surface area (Å²) in [6.07, 6.45) is 0.302. The molecule has 4 amide bonds. The molecular weight excluding hydrogens is 356 g/mol. The maximum Gasteiger partial charge on any atom is 0.331 e. The van der Waals surface area contributed by atoms with Gasteiger partial charge < -0.3 is 5.73 Å². The number of hydrogen-bond donors (Lipinski definition) is 2. The van der Waals surface area contributed by atoms with E-state index >= 15 is 0 Å². The zero-order valence-electron chi connectivity index (χ0n) is 13.8. The molecule has 1 fully saturated rings. The highest BCUT2D eigenvalue weighted by Gasteiger charge is 2.41. The lowest BCUT2D eigenvalue weighted by Crippen LogP contribution is -2.59. The van der Waals surface area contributed by atoms with E-state index < -0.39 is 41.4 Å². The number of benzene rings is 1. The van der Waals surface area contributed by atoms with Crippen molar-refractivity contribution >= 4 is 30.3 Å². The molecule has 0 spiro atoms. The predicted molar refractivity (Wildman–Crippen MR) is 88.8 cm³/mol. The van der Waals surface area contributed by atoms with Gasteiger partial charge in [0, 0.05) is 12.1 Å². The second kappa shape index (κ2) is 8.35. The van der Waals surface area contributed by atoms with E-state index in [0.29, 0.717) is 5.56 Å². The fraction of sp³-hybridized carbons (Fsp3) is 0.438. The molecule has 0 bridgehead atoms. The monoisotopic (exact) mass is 375 g/mol. The number of carbonyl (C=O) groups excluding carboxylic acids is 3. The zero-order valence-corrected chi connectivity index (χ0v) is 14.6. The summed E-state index contributed by atoms with van der Waals surface area (Å²) in [5.41, 5.74) is 6.30. The Labute approximate surface area is 150 Å². The van der Waals surface area contributed by atoms with Crippen LogP contribution >= 0.6 is 12.4 Å². The van der Waals surface area contributed by atoms with Gasteiger partial charge in [-0.05, 0) is 44.4 Å². The molecule has 25 heavy (non-hydrogen) atoms. The number of imide groups is 2. The fourth-order valence-electron chi connectivity index (χ4n) is 2.63. The Kier molecular flexibility index (Phi) is 7.01. The number of barbiturate groups is 1. The van der Waals surface area contributed by atoms with Crippen molar-refractivity contribution in [2.75, 3.05) is 0 Å². The Morgan fingerprint density at radius 3 is 2.40 bits per heavy atom. The van der Waals surface area contributed by atoms with Crippen LogP contribution < -0.4 is 11.1 Å². The van der Waals surface area contributed by atoms with Crippen LogP contribution in [0, 0.1) is 17.6 Å². The molecular formula is C16H20ClF2N3O3. The number of nitrogens with zero attached hydrogens (tertiary/aromatic N) is 1. The number of halogens is 3. The summed E-state index contributed by atoms with van der Waals surface area (Å²) < 4.78 is 26.2. The quantitative estimate of drug-likeness (QED) is 0.772. The fourth-order valence-corrected chi connectivity index (χ4v) is 2.63. The van der Waals surface area contributed by atoms with E-state index in [1.807, 2.05) is 0 Å². The number of nitrogens with one attached hydrogen (secondary N) is 1. The first-order valence-corrected chi connectivity index (χ1v) is 7.60. The molecule has 6 nitrogen and oxygen atoms in total. The molecule has 0 radical (unpaired) electrons. The Morgan fingerprint density at radius 2 is 1.84 bits per heavy atom. The van der Waals surface area contributed by atoms with Crippen LogP contribution in [0.15, 0.2) is 18.2 Å². The maximum absolute atomic E-state index is 13.2. The van der Waals surface area contributed by atoms with Gasteiger partial charge in [-0.3, -0.25) is 19.8 Å². The summed E-state index contributed by atoms with van der Waals surface area (Å²) in [5.74, 6) is -4.25. The van der Waals surface area contributed by atoms with Crippen molar-refractivity contribution in [3.63, 3.8) is 0 Å². The largest absolute Gasteiger partial charge is 0.331 e. The van der Waals surface area contributed by atoms with E-state index in [9.17, 15) is 23.2 Å². The van der Waals surface area contributed by atoms with Gasteiger partial charge in [0.15, 0.2) is 11.6 Å². The van der Waals surface area contributed by atoms with Crippen molar-refractivity contribution in [3.8, 4) is 0 Å². The Morgan fingerprint density at radius 1 is 1.20 bits per heavy atom. The minimum absolute atomic E-state index is 0. The Hall–Kier alpha value is -2.06. The van der Waals surface area contributed by atoms with E-state index in [1.54, 1.807) is 13.8 Å². The third kappa shape index (κ3) is 4.52. The number of carbonyl (C=O) groups is 3. The summed E-state index contributed by atoms with van der Waals surface area (Å²) in [6, 6.07) is 1.55. The van der Waals surface area contributed by atoms with Crippen molar-refractivity contribution < 1.29 is 23.2 Å². The van der Waals surface area contributed by atoms with Gasteiger partial charge >= 0.3 is 6.03 Å². The molecule has 1 heterocycles. The van der Waals surface area contributed by atoms with Gasteiger partial charge in [0.25, 0.3) is 0 Å². The minimum Gasteiger partial charge on any atom is -0.324 e. The van der Waals surface area contributed by atoms with Crippen molar-refractivity contribution in [2.45, 2.75) is 38.8 Å². The van der Waals surface area contributed by atoms with Crippen LogP contribution in [-0.4, -0.2) is 28.8 Å². The molecule has 1 aromatic carbocycles. The lowest BCUT2D eigenvalue weighted by atomic mass is 9.93. The summed E-state index contributed by atoms with van der Waals surface area (Å²) in [6.45, 7) is 3.33. The van der Waals surface area contributed by atoms with E-state index in [0.717, 1.165) is 17.0 Å². The van der Waals surface area contributed by atoms with E-state index in [1.165, 1.54) is 6.07 Å². The molecule has 0 aromatic heterocycles. The maximum atomic E-state index is 13.2. The number of amides is 4. The summed E-state index contributed by atoms with van der Waals surface area (Å²) in [7, 11) is 0. The predicted octanol–water partition coefficient (Wildman–Crippen LogP) is 2.27. The molecule has 0 aliphatic carbocycles. The highest BCUT2D eigenvalue weighted by atomic mass is 35.5. The van der Waals surface area contributed by atoms with Crippen LogP contribution in [0.2, 0.25) is 0 Å². The Balaban J connectivity index is 0.00000312. The summed E-state index contributed by atoms with van der Waals surface area (Å²) in [5, 5.41) is 2.15. The van der Waals surface area contributed by atoms with Crippen molar-refractivity contribution in [1.82, 2.24) is 10.2 Å². The molecule has 1 aliphatic rings. The molecule has 0 saturated carbocycles. The topological polar surface area (TPSA) is 92.5 Å². The van der Waals surface area contributed by atoms with E-state index in [4.69, 9.17) is 5.73 Å². The summed E-state index contributed by atoms with van der Waals surface area (Å²) >= 11 is 0. The molecule has 2 rings (SSSR count). The standard InChI is InChI=1S/C16H19F2N3O3.ClH/c1-8(2)21-15(23)10(14(22)20-16(21)24)4-6-13(19)9-3-5-11(17)12(18)7-9;/h3,5,7-8,10,13H,4,6,19H2,1-2H3,(H,20,22,24);1H/t10?,13-;/m1./s1. The molecule has 1 aliphatic heterocycles. The third-order valence-electron chi connectivity index (χ3n) is 3.96. The Bertz CT molecular complexity index is 685. The highest BCUT2D eigenvalue weighted by molar-refractivity contribution is 6.16. The zero-order chi connectivity index (χ0) is 18.0.